The number of nitrogens with zero attached hydrogens (tertiary/aromatic N) is 2. The number of hydrogen-bond donors (Lipinski definition) is 1. The van der Waals surface area contributed by atoms with E-state index in [0.717, 1.165) is 25.9 Å². The van der Waals surface area contributed by atoms with Crippen LogP contribution >= 0.6 is 0 Å². The number of rotatable bonds is 1. The Morgan fingerprint density at radius 3 is 2.35 bits per heavy atom. The number of hydrogen-bond acceptors (Lipinski definition) is 4. The summed E-state index contributed by atoms with van der Waals surface area (Å²) < 4.78 is 5.37. The first kappa shape index (κ1) is 15.1. The molecule has 0 saturated carbocycles. The van der Waals surface area contributed by atoms with Gasteiger partial charge in [-0.25, -0.2) is 4.79 Å². The zero-order valence-electron chi connectivity index (χ0n) is 12.6. The molecule has 6 heteroatoms. The highest BCUT2D eigenvalue weighted by molar-refractivity contribution is 5.86. The fraction of sp³-hybridized carbons (Fsp3) is 0.857. The lowest BCUT2D eigenvalue weighted by atomic mass is 10.1. The summed E-state index contributed by atoms with van der Waals surface area (Å²) in [6.45, 7) is 7.41. The topological polar surface area (TPSA) is 75.9 Å². The summed E-state index contributed by atoms with van der Waals surface area (Å²) in [6.07, 6.45) is 2.16. The van der Waals surface area contributed by atoms with Gasteiger partial charge in [0.15, 0.2) is 0 Å². The molecule has 2 aliphatic rings. The summed E-state index contributed by atoms with van der Waals surface area (Å²) in [4.78, 5) is 28.0. The van der Waals surface area contributed by atoms with Crippen molar-refractivity contribution >= 4 is 12.0 Å². The zero-order valence-corrected chi connectivity index (χ0v) is 12.6. The van der Waals surface area contributed by atoms with E-state index in [0.29, 0.717) is 13.0 Å². The number of ether oxygens (including phenoxy) is 1. The Balaban J connectivity index is 2.06. The van der Waals surface area contributed by atoms with Gasteiger partial charge in [-0.1, -0.05) is 0 Å². The molecule has 2 unspecified atom stereocenters. The number of amides is 2. The van der Waals surface area contributed by atoms with Crippen LogP contribution < -0.4 is 5.73 Å². The molecule has 2 aliphatic heterocycles. The lowest BCUT2D eigenvalue weighted by Gasteiger charge is -2.29. The molecule has 2 atom stereocenters. The molecule has 0 aromatic rings. The van der Waals surface area contributed by atoms with Crippen LogP contribution in [0.15, 0.2) is 0 Å². The highest BCUT2D eigenvalue weighted by Gasteiger charge is 2.42. The van der Waals surface area contributed by atoms with Gasteiger partial charge in [-0.05, 0) is 40.0 Å². The lowest BCUT2D eigenvalue weighted by molar-refractivity contribution is -0.134. The van der Waals surface area contributed by atoms with Crippen LogP contribution in [0.3, 0.4) is 0 Å². The van der Waals surface area contributed by atoms with Crippen molar-refractivity contribution in [1.29, 1.82) is 0 Å². The van der Waals surface area contributed by atoms with Crippen LogP contribution in [0.1, 0.15) is 40.0 Å². The summed E-state index contributed by atoms with van der Waals surface area (Å²) in [6, 6.07) is -0.614. The SMILES string of the molecule is CC(C)(C)OC(=O)N1CC(N)CC1C(=O)N1CCCC1. The van der Waals surface area contributed by atoms with Gasteiger partial charge in [0.1, 0.15) is 11.6 Å². The van der Waals surface area contributed by atoms with E-state index in [4.69, 9.17) is 10.5 Å². The van der Waals surface area contributed by atoms with Gasteiger partial charge in [-0.2, -0.15) is 0 Å². The molecule has 0 bridgehead atoms. The predicted octanol–water partition coefficient (Wildman–Crippen LogP) is 0.945. The molecule has 2 saturated heterocycles. The van der Waals surface area contributed by atoms with E-state index in [1.807, 2.05) is 25.7 Å². The first-order valence-corrected chi connectivity index (χ1v) is 7.32. The summed E-state index contributed by atoms with van der Waals surface area (Å²) in [5.41, 5.74) is 5.37. The van der Waals surface area contributed by atoms with E-state index < -0.39 is 17.7 Å². The van der Waals surface area contributed by atoms with Crippen LogP contribution in [0.4, 0.5) is 4.79 Å². The Morgan fingerprint density at radius 2 is 1.80 bits per heavy atom. The molecular weight excluding hydrogens is 258 g/mol. The maximum Gasteiger partial charge on any atom is 0.411 e. The molecule has 2 rings (SSSR count). The molecule has 2 heterocycles. The molecule has 6 nitrogen and oxygen atoms in total. The average molecular weight is 283 g/mol. The minimum Gasteiger partial charge on any atom is -0.444 e. The van der Waals surface area contributed by atoms with Crippen LogP contribution in [-0.2, 0) is 9.53 Å². The molecule has 0 aliphatic carbocycles. The van der Waals surface area contributed by atoms with Gasteiger partial charge in [0.2, 0.25) is 5.91 Å². The van der Waals surface area contributed by atoms with Crippen molar-refractivity contribution in [1.82, 2.24) is 9.80 Å². The third-order valence-corrected chi connectivity index (χ3v) is 3.66. The molecule has 2 N–H and O–H groups in total. The van der Waals surface area contributed by atoms with Crippen molar-refractivity contribution in [2.75, 3.05) is 19.6 Å². The monoisotopic (exact) mass is 283 g/mol. The van der Waals surface area contributed by atoms with Gasteiger partial charge in [-0.3, -0.25) is 9.69 Å². The molecule has 0 aromatic heterocycles. The largest absolute Gasteiger partial charge is 0.444 e. The van der Waals surface area contributed by atoms with Gasteiger partial charge in [0.25, 0.3) is 0 Å². The second-order valence-corrected chi connectivity index (χ2v) is 6.68. The molecule has 0 aromatic carbocycles. The van der Waals surface area contributed by atoms with Crippen LogP contribution in [-0.4, -0.2) is 59.1 Å². The van der Waals surface area contributed by atoms with Crippen molar-refractivity contribution < 1.29 is 14.3 Å². The Hall–Kier alpha value is -1.30. The first-order chi connectivity index (χ1) is 9.28. The fourth-order valence-corrected chi connectivity index (χ4v) is 2.77. The maximum atomic E-state index is 12.5. The van der Waals surface area contributed by atoms with Gasteiger partial charge in [0, 0.05) is 25.7 Å². The van der Waals surface area contributed by atoms with E-state index in [2.05, 4.69) is 0 Å². The van der Waals surface area contributed by atoms with E-state index in [-0.39, 0.29) is 11.9 Å². The third-order valence-electron chi connectivity index (χ3n) is 3.66. The van der Waals surface area contributed by atoms with Crippen molar-refractivity contribution in [2.45, 2.75) is 57.7 Å². The molecular formula is C14H25N3O3. The summed E-state index contributed by atoms with van der Waals surface area (Å²) >= 11 is 0. The Labute approximate surface area is 120 Å². The number of nitrogens with two attached hydrogens (primary N) is 1. The van der Waals surface area contributed by atoms with Crippen molar-refractivity contribution in [3.63, 3.8) is 0 Å². The second-order valence-electron chi connectivity index (χ2n) is 6.68. The van der Waals surface area contributed by atoms with E-state index in [1.54, 1.807) is 0 Å². The van der Waals surface area contributed by atoms with Gasteiger partial charge in [0.05, 0.1) is 0 Å². The van der Waals surface area contributed by atoms with Crippen molar-refractivity contribution in [3.8, 4) is 0 Å². The maximum absolute atomic E-state index is 12.5. The predicted molar refractivity (Wildman–Crippen MR) is 75.1 cm³/mol. The number of carbonyl (C=O) groups excluding carboxylic acids is 2. The second kappa shape index (κ2) is 5.60. The Morgan fingerprint density at radius 1 is 1.20 bits per heavy atom. The van der Waals surface area contributed by atoms with Crippen LogP contribution in [0, 0.1) is 0 Å². The Bertz CT molecular complexity index is 386. The molecule has 2 fully saturated rings. The van der Waals surface area contributed by atoms with Crippen LogP contribution in [0.25, 0.3) is 0 Å². The smallest absolute Gasteiger partial charge is 0.411 e. The molecule has 0 spiro atoms. The summed E-state index contributed by atoms with van der Waals surface area (Å²) in [5, 5.41) is 0. The highest BCUT2D eigenvalue weighted by atomic mass is 16.6. The molecule has 2 amide bonds. The normalized spacial score (nSPS) is 27.0. The minimum absolute atomic E-state index is 0.0151. The van der Waals surface area contributed by atoms with Crippen LogP contribution in [0.5, 0.6) is 0 Å². The zero-order chi connectivity index (χ0) is 14.9. The van der Waals surface area contributed by atoms with Gasteiger partial charge >= 0.3 is 6.09 Å². The third kappa shape index (κ3) is 3.42. The quantitative estimate of drug-likeness (QED) is 0.777. The average Bonchev–Trinajstić information content (AvgIpc) is 2.94. The fourth-order valence-electron chi connectivity index (χ4n) is 2.77. The standard InChI is InChI=1S/C14H25N3O3/c1-14(2,3)20-13(19)17-9-10(15)8-11(17)12(18)16-6-4-5-7-16/h10-11H,4-9,15H2,1-3H3. The minimum atomic E-state index is -0.564. The van der Waals surface area contributed by atoms with E-state index >= 15 is 0 Å². The van der Waals surface area contributed by atoms with Gasteiger partial charge < -0.3 is 15.4 Å². The van der Waals surface area contributed by atoms with Gasteiger partial charge in [-0.15, -0.1) is 0 Å². The number of carbonyl (C=O) groups is 2. The van der Waals surface area contributed by atoms with Crippen molar-refractivity contribution in [2.24, 2.45) is 5.73 Å². The summed E-state index contributed by atoms with van der Waals surface area (Å²) in [5.74, 6) is 0.0151. The Kier molecular flexibility index (Phi) is 4.22. The summed E-state index contributed by atoms with van der Waals surface area (Å²) in [7, 11) is 0. The lowest BCUT2D eigenvalue weighted by Crippen LogP contribution is -2.48. The van der Waals surface area contributed by atoms with E-state index in [9.17, 15) is 9.59 Å². The molecule has 20 heavy (non-hydrogen) atoms. The first-order valence-electron chi connectivity index (χ1n) is 7.32. The van der Waals surface area contributed by atoms with Crippen molar-refractivity contribution in [3.05, 3.63) is 0 Å². The number of likely N-dealkylation sites (tertiary alicyclic amines) is 2. The molecule has 114 valence electrons. The van der Waals surface area contributed by atoms with E-state index in [1.165, 1.54) is 4.90 Å². The van der Waals surface area contributed by atoms with Crippen LogP contribution in [0.2, 0.25) is 0 Å². The highest BCUT2D eigenvalue weighted by Crippen LogP contribution is 2.23. The molecule has 0 radical (unpaired) electrons.